The molecular weight excluding hydrogens is 523 g/mol. The highest BCUT2D eigenvalue weighted by Gasteiger charge is 2.36. The third-order valence-electron chi connectivity index (χ3n) is 7.13. The molecule has 2 unspecified atom stereocenters. The lowest BCUT2D eigenvalue weighted by atomic mass is 9.81. The number of fused-ring (bicyclic) bond motifs is 1. The van der Waals surface area contributed by atoms with Crippen LogP contribution >= 0.6 is 22.6 Å². The average Bonchev–Trinajstić information content (AvgIpc) is 2.85. The Morgan fingerprint density at radius 2 is 1.64 bits per heavy atom. The number of carbonyl (C=O) groups is 1. The highest BCUT2D eigenvalue weighted by molar-refractivity contribution is 14.1. The first kappa shape index (κ1) is 22.6. The second-order valence-corrected chi connectivity index (χ2v) is 10.4. The summed E-state index contributed by atoms with van der Waals surface area (Å²) in [5.41, 5.74) is 5.27. The molecule has 2 N–H and O–H groups in total. The van der Waals surface area contributed by atoms with Gasteiger partial charge in [-0.1, -0.05) is 42.5 Å². The van der Waals surface area contributed by atoms with E-state index in [1.807, 2.05) is 36.4 Å². The minimum atomic E-state index is -0.382. The minimum absolute atomic E-state index is 0.0133. The summed E-state index contributed by atoms with van der Waals surface area (Å²) in [5.74, 6) is 0.494. The Morgan fingerprint density at radius 3 is 2.36 bits per heavy atom. The van der Waals surface area contributed by atoms with Crippen LogP contribution in [0.2, 0.25) is 0 Å². The van der Waals surface area contributed by atoms with E-state index in [0.29, 0.717) is 17.9 Å². The van der Waals surface area contributed by atoms with Crippen molar-refractivity contribution < 1.29 is 9.90 Å². The van der Waals surface area contributed by atoms with Crippen LogP contribution in [-0.2, 0) is 6.42 Å². The second-order valence-electron chi connectivity index (χ2n) is 9.11. The predicted octanol–water partition coefficient (Wildman–Crippen LogP) is 5.77. The number of benzene rings is 3. The fourth-order valence-electron chi connectivity index (χ4n) is 5.41. The molecule has 1 aliphatic carbocycles. The number of carbonyl (C=O) groups excluding carboxylic acids is 1. The molecule has 3 aromatic rings. The Labute approximate surface area is 209 Å². The Balaban J connectivity index is 1.34. The van der Waals surface area contributed by atoms with Gasteiger partial charge in [0.15, 0.2) is 0 Å². The summed E-state index contributed by atoms with van der Waals surface area (Å²) in [5, 5.41) is 14.1. The normalized spacial score (nSPS) is 21.4. The van der Waals surface area contributed by atoms with Gasteiger partial charge in [-0.25, -0.2) is 0 Å². The average molecular weight is 552 g/mol. The first-order valence-corrected chi connectivity index (χ1v) is 12.8. The molecule has 1 saturated heterocycles. The van der Waals surface area contributed by atoms with Gasteiger partial charge >= 0.3 is 0 Å². The van der Waals surface area contributed by atoms with E-state index in [2.05, 4.69) is 69.2 Å². The summed E-state index contributed by atoms with van der Waals surface area (Å²) >= 11 is 2.24. The number of hydrogen-bond acceptors (Lipinski definition) is 3. The topological polar surface area (TPSA) is 52.6 Å². The standard InChI is InChI=1S/C28H29IN2O2/c29-22-11-9-21(10-12-22)28(33)30-25-8-4-7-24-23(25)13-14-26(32)27(24)31-17-15-20(16-18-31)19-5-2-1-3-6-19/h1-12,20,26-27,32H,13-18H2,(H,30,33). The molecule has 0 spiro atoms. The predicted molar refractivity (Wildman–Crippen MR) is 141 cm³/mol. The summed E-state index contributed by atoms with van der Waals surface area (Å²) in [4.78, 5) is 15.3. The molecule has 170 valence electrons. The number of nitrogens with zero attached hydrogens (tertiary/aromatic N) is 1. The van der Waals surface area contributed by atoms with Crippen LogP contribution in [0.5, 0.6) is 0 Å². The van der Waals surface area contributed by atoms with E-state index < -0.39 is 0 Å². The van der Waals surface area contributed by atoms with Crippen molar-refractivity contribution in [2.24, 2.45) is 0 Å². The van der Waals surface area contributed by atoms with Crippen molar-refractivity contribution in [2.75, 3.05) is 18.4 Å². The van der Waals surface area contributed by atoms with Crippen LogP contribution in [0, 0.1) is 3.57 Å². The van der Waals surface area contributed by atoms with E-state index >= 15 is 0 Å². The van der Waals surface area contributed by atoms with Gasteiger partial charge in [0.05, 0.1) is 12.1 Å². The summed E-state index contributed by atoms with van der Waals surface area (Å²) in [6.45, 7) is 1.94. The van der Waals surface area contributed by atoms with E-state index in [1.165, 1.54) is 5.56 Å². The lowest BCUT2D eigenvalue weighted by Crippen LogP contribution is -2.43. The SMILES string of the molecule is O=C(Nc1cccc2c1CCC(O)C2N1CCC(c2ccccc2)CC1)c1ccc(I)cc1. The lowest BCUT2D eigenvalue weighted by Gasteiger charge is -2.43. The van der Waals surface area contributed by atoms with Crippen molar-refractivity contribution in [3.05, 3.63) is 98.6 Å². The summed E-state index contributed by atoms with van der Waals surface area (Å²) in [6, 6.07) is 24.5. The molecule has 33 heavy (non-hydrogen) atoms. The number of nitrogens with one attached hydrogen (secondary N) is 1. The Hall–Kier alpha value is -2.22. The van der Waals surface area contributed by atoms with Gasteiger partial charge in [0.25, 0.3) is 5.91 Å². The number of hydrogen-bond donors (Lipinski definition) is 2. The Kier molecular flexibility index (Phi) is 6.81. The van der Waals surface area contributed by atoms with Gasteiger partial charge in [-0.05, 0) is 114 Å². The number of aliphatic hydroxyl groups is 1. The zero-order valence-corrected chi connectivity index (χ0v) is 20.7. The molecule has 2 aliphatic rings. The Morgan fingerprint density at radius 1 is 0.909 bits per heavy atom. The minimum Gasteiger partial charge on any atom is -0.391 e. The first-order chi connectivity index (χ1) is 16.1. The molecule has 0 aromatic heterocycles. The van der Waals surface area contributed by atoms with Crippen LogP contribution < -0.4 is 5.32 Å². The lowest BCUT2D eigenvalue weighted by molar-refractivity contribution is 0.0229. The molecule has 5 rings (SSSR count). The number of amides is 1. The number of halogens is 1. The number of aliphatic hydroxyl groups excluding tert-OH is 1. The highest BCUT2D eigenvalue weighted by atomic mass is 127. The van der Waals surface area contributed by atoms with Crippen molar-refractivity contribution in [3.63, 3.8) is 0 Å². The van der Waals surface area contributed by atoms with Crippen LogP contribution in [0.4, 0.5) is 5.69 Å². The monoisotopic (exact) mass is 552 g/mol. The summed E-state index contributed by atoms with van der Waals surface area (Å²) in [7, 11) is 0. The third-order valence-corrected chi connectivity index (χ3v) is 7.85. The molecule has 0 saturated carbocycles. The maximum Gasteiger partial charge on any atom is 0.255 e. The second kappa shape index (κ2) is 9.95. The Bertz CT molecular complexity index is 1110. The molecule has 4 nitrogen and oxygen atoms in total. The molecule has 1 fully saturated rings. The third kappa shape index (κ3) is 4.86. The van der Waals surface area contributed by atoms with E-state index in [-0.39, 0.29) is 18.1 Å². The van der Waals surface area contributed by atoms with E-state index in [4.69, 9.17) is 0 Å². The van der Waals surface area contributed by atoms with Gasteiger partial charge in [-0.2, -0.15) is 0 Å². The number of likely N-dealkylation sites (tertiary alicyclic amines) is 1. The van der Waals surface area contributed by atoms with Crippen LogP contribution in [0.1, 0.15) is 58.3 Å². The van der Waals surface area contributed by atoms with Gasteiger partial charge in [0.2, 0.25) is 0 Å². The number of piperidine rings is 1. The molecule has 2 atom stereocenters. The number of rotatable bonds is 4. The summed E-state index contributed by atoms with van der Waals surface area (Å²) < 4.78 is 1.11. The fourth-order valence-corrected chi connectivity index (χ4v) is 5.77. The summed E-state index contributed by atoms with van der Waals surface area (Å²) in [6.07, 6.45) is 3.31. The molecule has 1 heterocycles. The van der Waals surface area contributed by atoms with Crippen LogP contribution in [0.25, 0.3) is 0 Å². The quantitative estimate of drug-likeness (QED) is 0.404. The molecule has 1 amide bonds. The van der Waals surface area contributed by atoms with Gasteiger partial charge in [-0.3, -0.25) is 9.69 Å². The number of anilines is 1. The van der Waals surface area contributed by atoms with Crippen LogP contribution in [0.15, 0.2) is 72.8 Å². The molecular formula is C28H29IN2O2. The smallest absolute Gasteiger partial charge is 0.255 e. The van der Waals surface area contributed by atoms with Crippen molar-refractivity contribution in [1.29, 1.82) is 0 Å². The maximum absolute atomic E-state index is 12.9. The van der Waals surface area contributed by atoms with Gasteiger partial charge in [0, 0.05) is 14.8 Å². The van der Waals surface area contributed by atoms with Crippen LogP contribution in [-0.4, -0.2) is 35.1 Å². The molecule has 1 aliphatic heterocycles. The molecule has 0 radical (unpaired) electrons. The van der Waals surface area contributed by atoms with Crippen molar-refractivity contribution in [1.82, 2.24) is 4.90 Å². The van der Waals surface area contributed by atoms with E-state index in [0.717, 1.165) is 52.7 Å². The van der Waals surface area contributed by atoms with Crippen molar-refractivity contribution in [3.8, 4) is 0 Å². The largest absolute Gasteiger partial charge is 0.391 e. The van der Waals surface area contributed by atoms with Crippen molar-refractivity contribution in [2.45, 2.75) is 43.7 Å². The molecule has 0 bridgehead atoms. The van der Waals surface area contributed by atoms with E-state index in [9.17, 15) is 9.90 Å². The highest BCUT2D eigenvalue weighted by Crippen LogP contribution is 2.40. The zero-order valence-electron chi connectivity index (χ0n) is 18.6. The van der Waals surface area contributed by atoms with Gasteiger partial charge in [-0.15, -0.1) is 0 Å². The zero-order chi connectivity index (χ0) is 22.8. The van der Waals surface area contributed by atoms with Crippen LogP contribution in [0.3, 0.4) is 0 Å². The van der Waals surface area contributed by atoms with Gasteiger partial charge in [0.1, 0.15) is 0 Å². The van der Waals surface area contributed by atoms with E-state index in [1.54, 1.807) is 0 Å². The molecule has 3 aromatic carbocycles. The molecule has 5 heteroatoms. The fraction of sp³-hybridized carbons (Fsp3) is 0.321. The maximum atomic E-state index is 12.9. The van der Waals surface area contributed by atoms with Gasteiger partial charge < -0.3 is 10.4 Å². The first-order valence-electron chi connectivity index (χ1n) is 11.8. The van der Waals surface area contributed by atoms with Crippen molar-refractivity contribution >= 4 is 34.2 Å².